The zero-order valence-electron chi connectivity index (χ0n) is 11.7. The summed E-state index contributed by atoms with van der Waals surface area (Å²) in [4.78, 5) is 5.45. The predicted molar refractivity (Wildman–Crippen MR) is 68.4 cm³/mol. The molecule has 0 aromatic rings. The molecule has 0 fully saturated rings. The molecule has 98 valence electrons. The lowest BCUT2D eigenvalue weighted by Gasteiger charge is -2.25. The van der Waals surface area contributed by atoms with Gasteiger partial charge in [0.25, 0.3) is 0 Å². The summed E-state index contributed by atoms with van der Waals surface area (Å²) in [6, 6.07) is 0. The van der Waals surface area contributed by atoms with E-state index in [-0.39, 0.29) is 5.60 Å². The highest BCUT2D eigenvalue weighted by molar-refractivity contribution is 4.67. The van der Waals surface area contributed by atoms with Crippen molar-refractivity contribution in [3.05, 3.63) is 0 Å². The van der Waals surface area contributed by atoms with Gasteiger partial charge in [-0.2, -0.15) is 5.06 Å². The van der Waals surface area contributed by atoms with Gasteiger partial charge in [0.2, 0.25) is 0 Å². The van der Waals surface area contributed by atoms with Gasteiger partial charge in [-0.25, -0.2) is 0 Å². The van der Waals surface area contributed by atoms with Crippen LogP contribution in [0.15, 0.2) is 0 Å². The summed E-state index contributed by atoms with van der Waals surface area (Å²) in [6.07, 6.45) is 4.37. The minimum Gasteiger partial charge on any atom is -0.376 e. The summed E-state index contributed by atoms with van der Waals surface area (Å²) in [5.74, 6) is 0. The summed E-state index contributed by atoms with van der Waals surface area (Å²) in [5, 5.41) is 1.90. The monoisotopic (exact) mass is 231 g/mol. The molecule has 0 spiro atoms. The van der Waals surface area contributed by atoms with Gasteiger partial charge in [-0.3, -0.25) is 4.84 Å². The Morgan fingerprint density at radius 2 is 1.75 bits per heavy atom. The lowest BCUT2D eigenvalue weighted by Crippen LogP contribution is -2.27. The van der Waals surface area contributed by atoms with Gasteiger partial charge >= 0.3 is 0 Å². The molecule has 0 amide bonds. The van der Waals surface area contributed by atoms with E-state index >= 15 is 0 Å². The molecule has 0 atom stereocenters. The van der Waals surface area contributed by atoms with Gasteiger partial charge in [0.15, 0.2) is 0 Å². The van der Waals surface area contributed by atoms with E-state index in [1.165, 1.54) is 6.42 Å². The molecule has 0 heterocycles. The van der Waals surface area contributed by atoms with Crippen LogP contribution in [0, 0.1) is 0 Å². The second kappa shape index (κ2) is 8.97. The zero-order valence-corrected chi connectivity index (χ0v) is 11.7. The number of rotatable bonds is 10. The van der Waals surface area contributed by atoms with E-state index in [4.69, 9.17) is 9.57 Å². The molecule has 0 unspecified atom stereocenters. The summed E-state index contributed by atoms with van der Waals surface area (Å²) >= 11 is 0. The van der Waals surface area contributed by atoms with Crippen LogP contribution in [-0.2, 0) is 9.57 Å². The summed E-state index contributed by atoms with van der Waals surface area (Å²) in [5.41, 5.74) is 0.0254. The second-order valence-corrected chi connectivity index (χ2v) is 4.90. The van der Waals surface area contributed by atoms with Crippen LogP contribution in [0.4, 0.5) is 0 Å². The summed E-state index contributed by atoms with van der Waals surface area (Å²) in [6.45, 7) is 11.2. The van der Waals surface area contributed by atoms with Crippen molar-refractivity contribution in [1.29, 1.82) is 0 Å². The summed E-state index contributed by atoms with van der Waals surface area (Å²) in [7, 11) is 1.98. The fourth-order valence-electron chi connectivity index (χ4n) is 1.62. The van der Waals surface area contributed by atoms with Gasteiger partial charge in [-0.05, 0) is 33.1 Å². The minimum absolute atomic E-state index is 0.0254. The third-order valence-electron chi connectivity index (χ3n) is 2.48. The van der Waals surface area contributed by atoms with Crippen LogP contribution < -0.4 is 0 Å². The molecule has 0 saturated heterocycles. The average molecular weight is 231 g/mol. The van der Waals surface area contributed by atoms with Crippen LogP contribution >= 0.6 is 0 Å². The number of hydroxylamine groups is 2. The van der Waals surface area contributed by atoms with Gasteiger partial charge < -0.3 is 4.74 Å². The van der Waals surface area contributed by atoms with Crippen molar-refractivity contribution in [3.63, 3.8) is 0 Å². The molecule has 0 aliphatic carbocycles. The highest BCUT2D eigenvalue weighted by Gasteiger charge is 2.16. The molecular weight excluding hydrogens is 202 g/mol. The third kappa shape index (κ3) is 9.13. The average Bonchev–Trinajstić information content (AvgIpc) is 2.21. The van der Waals surface area contributed by atoms with E-state index in [0.29, 0.717) is 0 Å². The molecule has 0 aromatic carbocycles. The van der Waals surface area contributed by atoms with Crippen molar-refractivity contribution in [2.45, 2.75) is 59.0 Å². The van der Waals surface area contributed by atoms with Crippen molar-refractivity contribution in [2.24, 2.45) is 0 Å². The highest BCUT2D eigenvalue weighted by Crippen LogP contribution is 2.16. The molecule has 0 aromatic heterocycles. The first-order chi connectivity index (χ1) is 7.52. The lowest BCUT2D eigenvalue weighted by molar-refractivity contribution is -0.144. The maximum atomic E-state index is 5.84. The van der Waals surface area contributed by atoms with Gasteiger partial charge in [0.05, 0.1) is 12.2 Å². The Hall–Kier alpha value is -0.120. The first-order valence-corrected chi connectivity index (χ1v) is 6.50. The Morgan fingerprint density at radius 1 is 1.06 bits per heavy atom. The maximum Gasteiger partial charge on any atom is 0.0682 e. The Kier molecular flexibility index (Phi) is 8.90. The van der Waals surface area contributed by atoms with Gasteiger partial charge in [0.1, 0.15) is 0 Å². The van der Waals surface area contributed by atoms with Gasteiger partial charge in [-0.15, -0.1) is 0 Å². The van der Waals surface area contributed by atoms with E-state index in [1.807, 2.05) is 12.1 Å². The van der Waals surface area contributed by atoms with Crippen LogP contribution in [0.3, 0.4) is 0 Å². The third-order valence-corrected chi connectivity index (χ3v) is 2.48. The SMILES string of the molecule is CCCON(C)CCCOC(C)(C)CCC. The van der Waals surface area contributed by atoms with Crippen molar-refractivity contribution in [1.82, 2.24) is 5.06 Å². The topological polar surface area (TPSA) is 21.7 Å². The molecule has 0 radical (unpaired) electrons. The molecule has 0 aliphatic heterocycles. The van der Waals surface area contributed by atoms with Crippen molar-refractivity contribution >= 4 is 0 Å². The van der Waals surface area contributed by atoms with E-state index in [9.17, 15) is 0 Å². The van der Waals surface area contributed by atoms with E-state index in [1.54, 1.807) is 0 Å². The molecule has 0 saturated carbocycles. The van der Waals surface area contributed by atoms with Crippen LogP contribution in [0.25, 0.3) is 0 Å². The molecule has 3 nitrogen and oxygen atoms in total. The van der Waals surface area contributed by atoms with E-state index in [0.717, 1.165) is 39.0 Å². The van der Waals surface area contributed by atoms with Crippen molar-refractivity contribution in [3.8, 4) is 0 Å². The molecule has 0 bridgehead atoms. The Labute approximate surface area is 101 Å². The zero-order chi connectivity index (χ0) is 12.4. The van der Waals surface area contributed by atoms with E-state index < -0.39 is 0 Å². The first kappa shape index (κ1) is 15.9. The Bertz CT molecular complexity index is 160. The van der Waals surface area contributed by atoms with Gasteiger partial charge in [0, 0.05) is 20.2 Å². The minimum atomic E-state index is 0.0254. The number of hydrogen-bond donors (Lipinski definition) is 0. The molecule has 0 rings (SSSR count). The fraction of sp³-hybridized carbons (Fsp3) is 1.00. The Morgan fingerprint density at radius 3 is 2.31 bits per heavy atom. The number of hydrogen-bond acceptors (Lipinski definition) is 3. The first-order valence-electron chi connectivity index (χ1n) is 6.50. The Balaban J connectivity index is 3.44. The molecule has 3 heteroatoms. The molecule has 0 N–H and O–H groups in total. The fourth-order valence-corrected chi connectivity index (χ4v) is 1.62. The van der Waals surface area contributed by atoms with E-state index in [2.05, 4.69) is 27.7 Å². The quantitative estimate of drug-likeness (QED) is 0.425. The predicted octanol–water partition coefficient (Wildman–Crippen LogP) is 3.25. The van der Waals surface area contributed by atoms with Gasteiger partial charge in [-0.1, -0.05) is 20.3 Å². The largest absolute Gasteiger partial charge is 0.376 e. The maximum absolute atomic E-state index is 5.84. The highest BCUT2D eigenvalue weighted by atomic mass is 16.7. The van der Waals surface area contributed by atoms with Crippen molar-refractivity contribution in [2.75, 3.05) is 26.8 Å². The standard InChI is InChI=1S/C13H29NO2/c1-6-9-13(3,4)15-12-8-10-14(5)16-11-7-2/h6-12H2,1-5H3. The van der Waals surface area contributed by atoms with Crippen LogP contribution in [0.2, 0.25) is 0 Å². The second-order valence-electron chi connectivity index (χ2n) is 4.90. The molecular formula is C13H29NO2. The summed E-state index contributed by atoms with van der Waals surface area (Å²) < 4.78 is 5.84. The lowest BCUT2D eigenvalue weighted by atomic mass is 10.0. The normalized spacial score (nSPS) is 12.4. The molecule has 0 aliphatic rings. The van der Waals surface area contributed by atoms with Crippen LogP contribution in [-0.4, -0.2) is 37.5 Å². The number of nitrogens with zero attached hydrogens (tertiary/aromatic N) is 1. The van der Waals surface area contributed by atoms with Crippen LogP contribution in [0.5, 0.6) is 0 Å². The van der Waals surface area contributed by atoms with Crippen molar-refractivity contribution < 1.29 is 9.57 Å². The number of ether oxygens (including phenoxy) is 1. The smallest absolute Gasteiger partial charge is 0.0682 e. The van der Waals surface area contributed by atoms with Crippen LogP contribution in [0.1, 0.15) is 53.4 Å². The molecule has 16 heavy (non-hydrogen) atoms.